The fourth-order valence-electron chi connectivity index (χ4n) is 1.09. The zero-order chi connectivity index (χ0) is 13.7. The van der Waals surface area contributed by atoms with E-state index in [1.54, 1.807) is 20.8 Å². The Kier molecular flexibility index (Phi) is 6.12. The van der Waals surface area contributed by atoms with Crippen molar-refractivity contribution in [2.45, 2.75) is 44.9 Å². The van der Waals surface area contributed by atoms with Crippen LogP contribution in [0.25, 0.3) is 0 Å². The lowest BCUT2D eigenvalue weighted by molar-refractivity contribution is -0.143. The molecule has 0 aromatic heterocycles. The molecule has 0 aliphatic carbocycles. The Hall–Kier alpha value is -0.620. The standard InChI is InChI=1S/C11H23NO4S/c1-6-16-10(13)7-9(2)12-8-11(3,4)17(5,14)15/h9,12H,6-8H2,1-5H3. The SMILES string of the molecule is CCOC(=O)CC(C)NCC(C)(C)S(C)(=O)=O. The van der Waals surface area contributed by atoms with Gasteiger partial charge in [0.15, 0.2) is 9.84 Å². The predicted octanol–water partition coefficient (Wildman–Crippen LogP) is 0.741. The molecule has 102 valence electrons. The van der Waals surface area contributed by atoms with Crippen molar-refractivity contribution >= 4 is 15.8 Å². The van der Waals surface area contributed by atoms with E-state index in [0.29, 0.717) is 13.2 Å². The van der Waals surface area contributed by atoms with Crippen molar-refractivity contribution in [3.05, 3.63) is 0 Å². The van der Waals surface area contributed by atoms with E-state index in [2.05, 4.69) is 5.32 Å². The summed E-state index contributed by atoms with van der Waals surface area (Å²) in [5.41, 5.74) is 0. The van der Waals surface area contributed by atoms with E-state index >= 15 is 0 Å². The Morgan fingerprint density at radius 3 is 2.35 bits per heavy atom. The summed E-state index contributed by atoms with van der Waals surface area (Å²) in [6.07, 6.45) is 1.46. The maximum atomic E-state index is 11.5. The topological polar surface area (TPSA) is 72.5 Å². The first-order chi connectivity index (χ1) is 7.60. The second-order valence-electron chi connectivity index (χ2n) is 4.82. The molecule has 0 fully saturated rings. The third kappa shape index (κ3) is 6.02. The summed E-state index contributed by atoms with van der Waals surface area (Å²) in [6.45, 7) is 7.57. The molecule has 1 N–H and O–H groups in total. The molecule has 0 bridgehead atoms. The molecule has 6 heteroatoms. The minimum absolute atomic E-state index is 0.102. The highest BCUT2D eigenvalue weighted by Crippen LogP contribution is 2.13. The number of rotatable bonds is 7. The lowest BCUT2D eigenvalue weighted by atomic mass is 10.1. The van der Waals surface area contributed by atoms with E-state index in [-0.39, 0.29) is 18.4 Å². The van der Waals surface area contributed by atoms with Gasteiger partial charge in [-0.2, -0.15) is 0 Å². The van der Waals surface area contributed by atoms with E-state index in [0.717, 1.165) is 0 Å². The van der Waals surface area contributed by atoms with Crippen LogP contribution in [-0.4, -0.2) is 44.6 Å². The molecule has 5 nitrogen and oxygen atoms in total. The number of nitrogens with one attached hydrogen (secondary N) is 1. The molecule has 0 heterocycles. The Morgan fingerprint density at radius 2 is 1.94 bits per heavy atom. The molecular formula is C11H23NO4S. The van der Waals surface area contributed by atoms with Crippen LogP contribution >= 0.6 is 0 Å². The van der Waals surface area contributed by atoms with E-state index < -0.39 is 14.6 Å². The molecule has 0 amide bonds. The number of hydrogen-bond donors (Lipinski definition) is 1. The Bertz CT molecular complexity index is 348. The van der Waals surface area contributed by atoms with Crippen LogP contribution in [0.3, 0.4) is 0 Å². The van der Waals surface area contributed by atoms with Crippen molar-refractivity contribution in [1.82, 2.24) is 5.32 Å². The van der Waals surface area contributed by atoms with Crippen LogP contribution in [0.2, 0.25) is 0 Å². The minimum atomic E-state index is -3.12. The van der Waals surface area contributed by atoms with Crippen molar-refractivity contribution in [3.63, 3.8) is 0 Å². The van der Waals surface area contributed by atoms with Crippen molar-refractivity contribution in [3.8, 4) is 0 Å². The number of sulfone groups is 1. The van der Waals surface area contributed by atoms with Crippen LogP contribution in [0, 0.1) is 0 Å². The highest BCUT2D eigenvalue weighted by Gasteiger charge is 2.30. The maximum Gasteiger partial charge on any atom is 0.307 e. The fourth-order valence-corrected chi connectivity index (χ4v) is 1.44. The quantitative estimate of drug-likeness (QED) is 0.687. The number of carbonyl (C=O) groups excluding carboxylic acids is 1. The first-order valence-corrected chi connectivity index (χ1v) is 7.58. The summed E-state index contributed by atoms with van der Waals surface area (Å²) in [5, 5.41) is 3.04. The van der Waals surface area contributed by atoms with Crippen LogP contribution in [0.5, 0.6) is 0 Å². The summed E-state index contributed by atoms with van der Waals surface area (Å²) < 4.78 is 26.9. The molecule has 0 spiro atoms. The van der Waals surface area contributed by atoms with Gasteiger partial charge in [0.05, 0.1) is 17.8 Å². The molecule has 0 aromatic rings. The average molecular weight is 265 g/mol. The van der Waals surface area contributed by atoms with Crippen LogP contribution in [0.4, 0.5) is 0 Å². The first-order valence-electron chi connectivity index (χ1n) is 5.68. The van der Waals surface area contributed by atoms with Gasteiger partial charge in [0.1, 0.15) is 0 Å². The molecule has 0 saturated carbocycles. The monoisotopic (exact) mass is 265 g/mol. The smallest absolute Gasteiger partial charge is 0.307 e. The van der Waals surface area contributed by atoms with Gasteiger partial charge >= 0.3 is 5.97 Å². The molecule has 1 atom stereocenters. The predicted molar refractivity (Wildman–Crippen MR) is 67.6 cm³/mol. The largest absolute Gasteiger partial charge is 0.466 e. The molecule has 0 radical (unpaired) electrons. The average Bonchev–Trinajstić information content (AvgIpc) is 2.13. The van der Waals surface area contributed by atoms with Crippen molar-refractivity contribution < 1.29 is 17.9 Å². The van der Waals surface area contributed by atoms with Gasteiger partial charge in [-0.05, 0) is 27.7 Å². The molecule has 0 saturated heterocycles. The highest BCUT2D eigenvalue weighted by molar-refractivity contribution is 7.92. The Labute approximate surface area is 104 Å². The molecule has 17 heavy (non-hydrogen) atoms. The summed E-state index contributed by atoms with van der Waals surface area (Å²) in [6, 6.07) is -0.102. The molecule has 0 aliphatic rings. The fraction of sp³-hybridized carbons (Fsp3) is 0.909. The van der Waals surface area contributed by atoms with Gasteiger partial charge in [-0.25, -0.2) is 8.42 Å². The van der Waals surface area contributed by atoms with Crippen LogP contribution < -0.4 is 5.32 Å². The number of esters is 1. The number of carbonyl (C=O) groups is 1. The summed E-state index contributed by atoms with van der Waals surface area (Å²) >= 11 is 0. The number of ether oxygens (including phenoxy) is 1. The second-order valence-corrected chi connectivity index (χ2v) is 7.47. The lowest BCUT2D eigenvalue weighted by Gasteiger charge is -2.25. The Morgan fingerprint density at radius 1 is 1.41 bits per heavy atom. The van der Waals surface area contributed by atoms with Gasteiger partial charge in [-0.1, -0.05) is 0 Å². The van der Waals surface area contributed by atoms with E-state index in [9.17, 15) is 13.2 Å². The summed E-state index contributed by atoms with van der Waals surface area (Å²) in [5.74, 6) is -0.273. The van der Waals surface area contributed by atoms with Gasteiger partial charge in [0.2, 0.25) is 0 Å². The molecule has 0 aliphatic heterocycles. The Balaban J connectivity index is 4.17. The second kappa shape index (κ2) is 6.35. The van der Waals surface area contributed by atoms with Crippen LogP contribution in [-0.2, 0) is 19.4 Å². The van der Waals surface area contributed by atoms with Crippen LogP contribution in [0.1, 0.15) is 34.1 Å². The van der Waals surface area contributed by atoms with Gasteiger partial charge in [0, 0.05) is 18.8 Å². The van der Waals surface area contributed by atoms with E-state index in [4.69, 9.17) is 4.74 Å². The first kappa shape index (κ1) is 16.4. The van der Waals surface area contributed by atoms with Crippen molar-refractivity contribution in [2.75, 3.05) is 19.4 Å². The number of hydrogen-bond acceptors (Lipinski definition) is 5. The molecule has 0 aromatic carbocycles. The normalized spacial score (nSPS) is 14.4. The third-order valence-corrected chi connectivity index (χ3v) is 4.81. The van der Waals surface area contributed by atoms with Gasteiger partial charge in [-0.3, -0.25) is 4.79 Å². The zero-order valence-electron chi connectivity index (χ0n) is 11.2. The zero-order valence-corrected chi connectivity index (χ0v) is 12.1. The van der Waals surface area contributed by atoms with Gasteiger partial charge in [-0.15, -0.1) is 0 Å². The minimum Gasteiger partial charge on any atom is -0.466 e. The molecule has 1 unspecified atom stereocenters. The highest BCUT2D eigenvalue weighted by atomic mass is 32.2. The van der Waals surface area contributed by atoms with Gasteiger partial charge in [0.25, 0.3) is 0 Å². The molecular weight excluding hydrogens is 242 g/mol. The third-order valence-electron chi connectivity index (χ3n) is 2.66. The maximum absolute atomic E-state index is 11.5. The van der Waals surface area contributed by atoms with Gasteiger partial charge < -0.3 is 10.1 Å². The molecule has 0 rings (SSSR count). The van der Waals surface area contributed by atoms with Crippen LogP contribution in [0.15, 0.2) is 0 Å². The summed E-state index contributed by atoms with van der Waals surface area (Å²) in [7, 11) is -3.12. The van der Waals surface area contributed by atoms with E-state index in [1.807, 2.05) is 6.92 Å². The van der Waals surface area contributed by atoms with Crippen molar-refractivity contribution in [1.29, 1.82) is 0 Å². The summed E-state index contributed by atoms with van der Waals surface area (Å²) in [4.78, 5) is 11.2. The van der Waals surface area contributed by atoms with E-state index in [1.165, 1.54) is 6.26 Å². The lowest BCUT2D eigenvalue weighted by Crippen LogP contribution is -2.45. The van der Waals surface area contributed by atoms with Crippen molar-refractivity contribution in [2.24, 2.45) is 0 Å².